The first kappa shape index (κ1) is 12.4. The Bertz CT molecular complexity index is 487. The molecule has 6 nitrogen and oxygen atoms in total. The average Bonchev–Trinajstić information content (AvgIpc) is 2.37. The van der Waals surface area contributed by atoms with Gasteiger partial charge in [-0.15, -0.1) is 0 Å². The average molecular weight is 250 g/mol. The summed E-state index contributed by atoms with van der Waals surface area (Å²) in [5.41, 5.74) is 0.935. The molecule has 0 radical (unpaired) electrons. The van der Waals surface area contributed by atoms with Gasteiger partial charge in [-0.1, -0.05) is 0 Å². The summed E-state index contributed by atoms with van der Waals surface area (Å²) in [6.45, 7) is 0.163. The molecule has 18 heavy (non-hydrogen) atoms. The van der Waals surface area contributed by atoms with Crippen LogP contribution in [0.3, 0.4) is 0 Å². The van der Waals surface area contributed by atoms with Crippen LogP contribution in [0.25, 0.3) is 0 Å². The maximum absolute atomic E-state index is 12.0. The number of aliphatic hydroxyl groups is 1. The Hall–Kier alpha value is -2.08. The van der Waals surface area contributed by atoms with Gasteiger partial charge in [0.05, 0.1) is 12.3 Å². The van der Waals surface area contributed by atoms with Crippen LogP contribution in [0.4, 0.5) is 5.69 Å². The molecule has 0 spiro atoms. The van der Waals surface area contributed by atoms with Crippen LogP contribution in [-0.2, 0) is 4.79 Å². The topological polar surface area (TPSA) is 78.9 Å². The van der Waals surface area contributed by atoms with E-state index in [4.69, 9.17) is 9.84 Å². The number of amides is 2. The molecule has 0 saturated heterocycles. The molecule has 0 bridgehead atoms. The van der Waals surface area contributed by atoms with Crippen molar-refractivity contribution < 1.29 is 19.4 Å². The zero-order valence-electron chi connectivity index (χ0n) is 9.97. The van der Waals surface area contributed by atoms with Crippen molar-refractivity contribution in [2.75, 3.05) is 32.1 Å². The summed E-state index contributed by atoms with van der Waals surface area (Å²) >= 11 is 0. The Labute approximate surface area is 104 Å². The fraction of sp³-hybridized carbons (Fsp3) is 0.333. The molecule has 2 amide bonds. The molecule has 1 heterocycles. The second kappa shape index (κ2) is 5.05. The van der Waals surface area contributed by atoms with E-state index in [9.17, 15) is 9.59 Å². The fourth-order valence-corrected chi connectivity index (χ4v) is 1.69. The number of hydrogen-bond acceptors (Lipinski definition) is 4. The maximum atomic E-state index is 12.0. The van der Waals surface area contributed by atoms with E-state index in [0.717, 1.165) is 0 Å². The molecule has 6 heteroatoms. The summed E-state index contributed by atoms with van der Waals surface area (Å²) < 4.78 is 5.20. The van der Waals surface area contributed by atoms with E-state index in [0.29, 0.717) is 17.0 Å². The number of nitrogens with one attached hydrogen (secondary N) is 1. The van der Waals surface area contributed by atoms with Crippen molar-refractivity contribution in [3.8, 4) is 5.75 Å². The number of ether oxygens (including phenoxy) is 1. The first-order valence-corrected chi connectivity index (χ1v) is 5.55. The van der Waals surface area contributed by atoms with Gasteiger partial charge in [0.25, 0.3) is 11.8 Å². The minimum atomic E-state index is -0.240. The van der Waals surface area contributed by atoms with E-state index in [1.54, 1.807) is 25.2 Å². The van der Waals surface area contributed by atoms with Crippen molar-refractivity contribution in [3.05, 3.63) is 23.8 Å². The number of rotatable bonds is 3. The molecule has 0 unspecified atom stereocenters. The molecule has 0 aliphatic carbocycles. The van der Waals surface area contributed by atoms with E-state index in [1.807, 2.05) is 0 Å². The van der Waals surface area contributed by atoms with E-state index in [1.165, 1.54) is 4.90 Å². The summed E-state index contributed by atoms with van der Waals surface area (Å²) in [5.74, 6) is 0.0958. The summed E-state index contributed by atoms with van der Waals surface area (Å²) in [5, 5.41) is 11.4. The molecule has 96 valence electrons. The fourth-order valence-electron chi connectivity index (χ4n) is 1.69. The van der Waals surface area contributed by atoms with Crippen molar-refractivity contribution in [1.29, 1.82) is 0 Å². The molecule has 1 aromatic carbocycles. The van der Waals surface area contributed by atoms with Crippen molar-refractivity contribution in [3.63, 3.8) is 0 Å². The molecule has 1 aliphatic heterocycles. The number of carbonyl (C=O) groups is 2. The van der Waals surface area contributed by atoms with Gasteiger partial charge in [-0.2, -0.15) is 0 Å². The van der Waals surface area contributed by atoms with Crippen molar-refractivity contribution in [1.82, 2.24) is 4.90 Å². The summed E-state index contributed by atoms with van der Waals surface area (Å²) in [6.07, 6.45) is 0. The van der Waals surface area contributed by atoms with Crippen LogP contribution in [0.1, 0.15) is 10.4 Å². The normalized spacial score (nSPS) is 13.3. The number of anilines is 1. The lowest BCUT2D eigenvalue weighted by Gasteiger charge is -2.20. The van der Waals surface area contributed by atoms with Crippen molar-refractivity contribution in [2.45, 2.75) is 0 Å². The van der Waals surface area contributed by atoms with Crippen LogP contribution >= 0.6 is 0 Å². The van der Waals surface area contributed by atoms with Gasteiger partial charge in [0.15, 0.2) is 6.61 Å². The molecule has 1 aromatic rings. The lowest BCUT2D eigenvalue weighted by molar-refractivity contribution is -0.118. The number of aliphatic hydroxyl groups excluding tert-OH is 1. The van der Waals surface area contributed by atoms with E-state index < -0.39 is 0 Å². The Balaban J connectivity index is 2.22. The molecule has 0 fully saturated rings. The summed E-state index contributed by atoms with van der Waals surface area (Å²) in [4.78, 5) is 24.6. The van der Waals surface area contributed by atoms with Crippen molar-refractivity contribution in [2.24, 2.45) is 0 Å². The maximum Gasteiger partial charge on any atom is 0.262 e. The van der Waals surface area contributed by atoms with E-state index in [2.05, 4.69) is 5.32 Å². The second-order valence-electron chi connectivity index (χ2n) is 4.00. The first-order chi connectivity index (χ1) is 8.61. The van der Waals surface area contributed by atoms with Crippen LogP contribution < -0.4 is 10.1 Å². The standard InChI is InChI=1S/C12H14N2O4/c1-14(4-5-15)12(17)8-2-3-10-9(6-8)13-11(16)7-18-10/h2-3,6,15H,4-5,7H2,1H3,(H,13,16). The van der Waals surface area contributed by atoms with Crippen LogP contribution in [0.15, 0.2) is 18.2 Å². The second-order valence-corrected chi connectivity index (χ2v) is 4.00. The number of carbonyl (C=O) groups excluding carboxylic acids is 2. The lowest BCUT2D eigenvalue weighted by Crippen LogP contribution is -2.30. The van der Waals surface area contributed by atoms with Crippen LogP contribution in [0, 0.1) is 0 Å². The van der Waals surface area contributed by atoms with Gasteiger partial charge < -0.3 is 20.1 Å². The zero-order chi connectivity index (χ0) is 13.1. The molecule has 0 aromatic heterocycles. The van der Waals surface area contributed by atoms with Crippen LogP contribution in [0.2, 0.25) is 0 Å². The van der Waals surface area contributed by atoms with Crippen molar-refractivity contribution >= 4 is 17.5 Å². The minimum absolute atomic E-state index is 0.00922. The minimum Gasteiger partial charge on any atom is -0.482 e. The summed E-state index contributed by atoms with van der Waals surface area (Å²) in [7, 11) is 1.60. The Kier molecular flexibility index (Phi) is 3.47. The highest BCUT2D eigenvalue weighted by atomic mass is 16.5. The quantitative estimate of drug-likeness (QED) is 0.796. The number of hydrogen-bond donors (Lipinski definition) is 2. The highest BCUT2D eigenvalue weighted by molar-refractivity contribution is 5.99. The molecule has 0 atom stereocenters. The molecular weight excluding hydrogens is 236 g/mol. The predicted molar refractivity (Wildman–Crippen MR) is 64.6 cm³/mol. The smallest absolute Gasteiger partial charge is 0.262 e. The lowest BCUT2D eigenvalue weighted by atomic mass is 10.1. The third kappa shape index (κ3) is 2.43. The van der Waals surface area contributed by atoms with Gasteiger partial charge in [0.1, 0.15) is 5.75 Å². The SMILES string of the molecule is CN(CCO)C(=O)c1ccc2c(c1)NC(=O)CO2. The highest BCUT2D eigenvalue weighted by Crippen LogP contribution is 2.28. The van der Waals surface area contributed by atoms with Gasteiger partial charge in [-0.05, 0) is 18.2 Å². The Morgan fingerprint density at radius 2 is 2.33 bits per heavy atom. The monoisotopic (exact) mass is 250 g/mol. The van der Waals surface area contributed by atoms with Gasteiger partial charge in [0.2, 0.25) is 0 Å². The number of fused-ring (bicyclic) bond motifs is 1. The van der Waals surface area contributed by atoms with Crippen LogP contribution in [0.5, 0.6) is 5.75 Å². The van der Waals surface area contributed by atoms with Gasteiger partial charge in [0, 0.05) is 19.2 Å². The third-order valence-electron chi connectivity index (χ3n) is 2.64. The van der Waals surface area contributed by atoms with Gasteiger partial charge >= 0.3 is 0 Å². The Morgan fingerprint density at radius 1 is 1.56 bits per heavy atom. The zero-order valence-corrected chi connectivity index (χ0v) is 9.97. The third-order valence-corrected chi connectivity index (χ3v) is 2.64. The predicted octanol–water partition coefficient (Wildman–Crippen LogP) is 0.0818. The van der Waals surface area contributed by atoms with Gasteiger partial charge in [-0.25, -0.2) is 0 Å². The molecular formula is C12H14N2O4. The molecule has 2 N–H and O–H groups in total. The van der Waals surface area contributed by atoms with E-state index >= 15 is 0 Å². The van der Waals surface area contributed by atoms with Gasteiger partial charge in [-0.3, -0.25) is 9.59 Å². The first-order valence-electron chi connectivity index (χ1n) is 5.55. The largest absolute Gasteiger partial charge is 0.482 e. The van der Waals surface area contributed by atoms with E-state index in [-0.39, 0.29) is 31.6 Å². The molecule has 0 saturated carbocycles. The molecule has 1 aliphatic rings. The highest BCUT2D eigenvalue weighted by Gasteiger charge is 2.19. The number of benzene rings is 1. The van der Waals surface area contributed by atoms with Crippen LogP contribution in [-0.4, -0.2) is 48.6 Å². The number of nitrogens with zero attached hydrogens (tertiary/aromatic N) is 1. The number of likely N-dealkylation sites (N-methyl/N-ethyl adjacent to an activating group) is 1. The Morgan fingerprint density at radius 3 is 3.06 bits per heavy atom. The summed E-state index contributed by atoms with van der Waals surface area (Å²) in [6, 6.07) is 4.85. The molecule has 2 rings (SSSR count).